The zero-order valence-corrected chi connectivity index (χ0v) is 13.5. The van der Waals surface area contributed by atoms with Crippen LogP contribution in [0.1, 0.15) is 54.4 Å². The van der Waals surface area contributed by atoms with Crippen LogP contribution in [0.25, 0.3) is 0 Å². The summed E-state index contributed by atoms with van der Waals surface area (Å²) in [6.07, 6.45) is 7.92. The number of carbonyl (C=O) groups excluding carboxylic acids is 1. The molecule has 21 heavy (non-hydrogen) atoms. The van der Waals surface area contributed by atoms with Crippen LogP contribution in [-0.4, -0.2) is 25.0 Å². The summed E-state index contributed by atoms with van der Waals surface area (Å²) < 4.78 is 0. The smallest absolute Gasteiger partial charge is 0.251 e. The first-order valence-electron chi connectivity index (χ1n) is 7.94. The van der Waals surface area contributed by atoms with Crippen molar-refractivity contribution in [1.29, 1.82) is 0 Å². The predicted molar refractivity (Wildman–Crippen MR) is 88.0 cm³/mol. The average Bonchev–Trinajstić information content (AvgIpc) is 2.72. The van der Waals surface area contributed by atoms with E-state index < -0.39 is 0 Å². The number of benzene rings is 1. The van der Waals surface area contributed by atoms with Crippen molar-refractivity contribution < 1.29 is 4.79 Å². The van der Waals surface area contributed by atoms with E-state index in [1.807, 2.05) is 13.0 Å². The summed E-state index contributed by atoms with van der Waals surface area (Å²) in [6, 6.07) is 5.99. The molecule has 0 bridgehead atoms. The summed E-state index contributed by atoms with van der Waals surface area (Å²) in [5.74, 6) is -0.0215. The van der Waals surface area contributed by atoms with Gasteiger partial charge in [0.2, 0.25) is 0 Å². The van der Waals surface area contributed by atoms with Gasteiger partial charge >= 0.3 is 0 Å². The summed E-state index contributed by atoms with van der Waals surface area (Å²) in [5.41, 5.74) is 1.62. The third-order valence-corrected chi connectivity index (χ3v) is 4.37. The monoisotopic (exact) mass is 308 g/mol. The highest BCUT2D eigenvalue weighted by Gasteiger charge is 2.12. The van der Waals surface area contributed by atoms with E-state index in [9.17, 15) is 4.79 Å². The highest BCUT2D eigenvalue weighted by molar-refractivity contribution is 6.30. The second-order valence-corrected chi connectivity index (χ2v) is 6.29. The van der Waals surface area contributed by atoms with E-state index >= 15 is 0 Å². The molecule has 1 fully saturated rings. The fourth-order valence-corrected chi connectivity index (χ4v) is 3.14. The Morgan fingerprint density at radius 1 is 1.19 bits per heavy atom. The van der Waals surface area contributed by atoms with E-state index in [1.165, 1.54) is 38.5 Å². The lowest BCUT2D eigenvalue weighted by molar-refractivity contribution is 0.0953. The molecular weight excluding hydrogens is 284 g/mol. The van der Waals surface area contributed by atoms with Crippen molar-refractivity contribution in [3.05, 3.63) is 34.3 Å². The van der Waals surface area contributed by atoms with E-state index in [-0.39, 0.29) is 5.91 Å². The Bertz CT molecular complexity index is 468. The topological polar surface area (TPSA) is 41.1 Å². The van der Waals surface area contributed by atoms with E-state index in [2.05, 4.69) is 10.6 Å². The van der Waals surface area contributed by atoms with Crippen molar-refractivity contribution in [3.8, 4) is 0 Å². The molecule has 0 saturated heterocycles. The van der Waals surface area contributed by atoms with Gasteiger partial charge in [0.1, 0.15) is 0 Å². The van der Waals surface area contributed by atoms with Gasteiger partial charge in [-0.3, -0.25) is 4.79 Å². The van der Waals surface area contributed by atoms with Gasteiger partial charge in [0.15, 0.2) is 0 Å². The van der Waals surface area contributed by atoms with Gasteiger partial charge in [-0.2, -0.15) is 0 Å². The Kier molecular flexibility index (Phi) is 6.52. The van der Waals surface area contributed by atoms with Gasteiger partial charge in [0.25, 0.3) is 5.91 Å². The average molecular weight is 309 g/mol. The normalized spacial score (nSPS) is 16.5. The minimum atomic E-state index is -0.0215. The van der Waals surface area contributed by atoms with Crippen molar-refractivity contribution in [2.24, 2.45) is 0 Å². The number of aryl methyl sites for hydroxylation is 1. The summed E-state index contributed by atoms with van der Waals surface area (Å²) in [4.78, 5) is 12.1. The third kappa shape index (κ3) is 5.33. The van der Waals surface area contributed by atoms with Crippen LogP contribution in [0.4, 0.5) is 0 Å². The van der Waals surface area contributed by atoms with Crippen LogP contribution in [0, 0.1) is 6.92 Å². The first kappa shape index (κ1) is 16.3. The van der Waals surface area contributed by atoms with Gasteiger partial charge in [-0.05, 0) is 43.5 Å². The lowest BCUT2D eigenvalue weighted by atomic mass is 10.1. The van der Waals surface area contributed by atoms with Crippen molar-refractivity contribution in [2.45, 2.75) is 51.5 Å². The zero-order valence-electron chi connectivity index (χ0n) is 12.8. The highest BCUT2D eigenvalue weighted by Crippen LogP contribution is 2.17. The molecule has 2 N–H and O–H groups in total. The van der Waals surface area contributed by atoms with Crippen molar-refractivity contribution in [3.63, 3.8) is 0 Å². The zero-order chi connectivity index (χ0) is 15.1. The molecule has 0 spiro atoms. The van der Waals surface area contributed by atoms with E-state index in [1.54, 1.807) is 12.1 Å². The van der Waals surface area contributed by atoms with Gasteiger partial charge in [-0.15, -0.1) is 0 Å². The molecule has 0 heterocycles. The molecule has 0 aromatic heterocycles. The number of hydrogen-bond acceptors (Lipinski definition) is 2. The van der Waals surface area contributed by atoms with Crippen LogP contribution in [0.2, 0.25) is 5.02 Å². The number of nitrogens with one attached hydrogen (secondary N) is 2. The Labute approximate surface area is 132 Å². The maximum Gasteiger partial charge on any atom is 0.251 e. The summed E-state index contributed by atoms with van der Waals surface area (Å²) in [5, 5.41) is 7.19. The second-order valence-electron chi connectivity index (χ2n) is 5.86. The lowest BCUT2D eigenvalue weighted by Gasteiger charge is -2.16. The minimum absolute atomic E-state index is 0.0215. The predicted octanol–water partition coefficient (Wildman–Crippen LogP) is 3.69. The first-order valence-corrected chi connectivity index (χ1v) is 8.32. The third-order valence-electron chi connectivity index (χ3n) is 4.13. The molecule has 0 unspecified atom stereocenters. The van der Waals surface area contributed by atoms with Crippen molar-refractivity contribution >= 4 is 17.5 Å². The van der Waals surface area contributed by atoms with Crippen LogP contribution >= 0.6 is 11.6 Å². The molecule has 1 aromatic carbocycles. The molecule has 1 aliphatic carbocycles. The number of hydrogen-bond donors (Lipinski definition) is 2. The molecule has 116 valence electrons. The largest absolute Gasteiger partial charge is 0.351 e. The summed E-state index contributed by atoms with van der Waals surface area (Å²) in [7, 11) is 0. The number of rotatable bonds is 5. The standard InChI is InChI=1S/C17H25ClN2O/c1-13-12-14(18)8-9-16(13)17(21)20-11-10-19-15-6-4-2-3-5-7-15/h8-9,12,15,19H,2-7,10-11H2,1H3,(H,20,21). The molecule has 2 rings (SSSR count). The summed E-state index contributed by atoms with van der Waals surface area (Å²) >= 11 is 5.91. The molecule has 1 saturated carbocycles. The van der Waals surface area contributed by atoms with Crippen molar-refractivity contribution in [2.75, 3.05) is 13.1 Å². The molecule has 0 atom stereocenters. The molecular formula is C17H25ClN2O. The number of carbonyl (C=O) groups is 1. The molecule has 0 radical (unpaired) electrons. The molecule has 3 nitrogen and oxygen atoms in total. The Morgan fingerprint density at radius 2 is 1.90 bits per heavy atom. The molecule has 4 heteroatoms. The van der Waals surface area contributed by atoms with Crippen LogP contribution in [0.3, 0.4) is 0 Å². The minimum Gasteiger partial charge on any atom is -0.351 e. The second kappa shape index (κ2) is 8.40. The molecule has 1 aromatic rings. The van der Waals surface area contributed by atoms with E-state index in [0.717, 1.165) is 12.1 Å². The van der Waals surface area contributed by atoms with Gasteiger partial charge in [-0.25, -0.2) is 0 Å². The highest BCUT2D eigenvalue weighted by atomic mass is 35.5. The number of halogens is 1. The van der Waals surface area contributed by atoms with Gasteiger partial charge in [-0.1, -0.05) is 37.3 Å². The lowest BCUT2D eigenvalue weighted by Crippen LogP contribution is -2.37. The SMILES string of the molecule is Cc1cc(Cl)ccc1C(=O)NCCNC1CCCCCC1. The van der Waals surface area contributed by atoms with Gasteiger partial charge in [0, 0.05) is 29.7 Å². The molecule has 1 aliphatic rings. The molecule has 0 aliphatic heterocycles. The quantitative estimate of drug-likeness (QED) is 0.643. The van der Waals surface area contributed by atoms with Crippen LogP contribution < -0.4 is 10.6 Å². The maximum absolute atomic E-state index is 12.1. The fourth-order valence-electron chi connectivity index (χ4n) is 2.91. The Morgan fingerprint density at radius 3 is 2.57 bits per heavy atom. The summed E-state index contributed by atoms with van der Waals surface area (Å²) in [6.45, 7) is 3.41. The van der Waals surface area contributed by atoms with Crippen LogP contribution in [0.5, 0.6) is 0 Å². The van der Waals surface area contributed by atoms with E-state index in [4.69, 9.17) is 11.6 Å². The molecule has 1 amide bonds. The van der Waals surface area contributed by atoms with Crippen molar-refractivity contribution in [1.82, 2.24) is 10.6 Å². The first-order chi connectivity index (χ1) is 10.2. The van der Waals surface area contributed by atoms with E-state index in [0.29, 0.717) is 23.2 Å². The van der Waals surface area contributed by atoms with Gasteiger partial charge < -0.3 is 10.6 Å². The maximum atomic E-state index is 12.1. The Balaban J connectivity index is 1.71. The van der Waals surface area contributed by atoms with Crippen LogP contribution in [0.15, 0.2) is 18.2 Å². The fraction of sp³-hybridized carbons (Fsp3) is 0.588. The number of amides is 1. The Hall–Kier alpha value is -1.06. The van der Waals surface area contributed by atoms with Gasteiger partial charge in [0.05, 0.1) is 0 Å². The van der Waals surface area contributed by atoms with Crippen LogP contribution in [-0.2, 0) is 0 Å².